The molecule has 0 unspecified atom stereocenters. The van der Waals surface area contributed by atoms with E-state index in [4.69, 9.17) is 0 Å². The number of hydrogen-bond acceptors (Lipinski definition) is 3. The Morgan fingerprint density at radius 3 is 2.80 bits per heavy atom. The number of benzene rings is 1. The summed E-state index contributed by atoms with van der Waals surface area (Å²) in [5.41, 5.74) is 1.04. The van der Waals surface area contributed by atoms with E-state index in [1.54, 1.807) is 24.5 Å². The van der Waals surface area contributed by atoms with E-state index in [9.17, 15) is 18.0 Å². The van der Waals surface area contributed by atoms with E-state index < -0.39 is 11.7 Å². The minimum Gasteiger partial charge on any atom is -0.356 e. The van der Waals surface area contributed by atoms with Crippen molar-refractivity contribution in [1.82, 2.24) is 15.5 Å². The van der Waals surface area contributed by atoms with Gasteiger partial charge in [-0.05, 0) is 41.1 Å². The van der Waals surface area contributed by atoms with Gasteiger partial charge in [0, 0.05) is 44.5 Å². The van der Waals surface area contributed by atoms with Crippen LogP contribution < -0.4 is 10.6 Å². The van der Waals surface area contributed by atoms with Crippen LogP contribution in [-0.4, -0.2) is 36.9 Å². The third-order valence-electron chi connectivity index (χ3n) is 4.73. The van der Waals surface area contributed by atoms with Gasteiger partial charge in [-0.25, -0.2) is 0 Å². The zero-order valence-corrected chi connectivity index (χ0v) is 19.6. The largest absolute Gasteiger partial charge is 0.416 e. The first kappa shape index (κ1) is 24.4. The number of halogens is 4. The molecule has 2 N–H and O–H groups in total. The van der Waals surface area contributed by atoms with Gasteiger partial charge in [-0.15, -0.1) is 35.3 Å². The van der Waals surface area contributed by atoms with E-state index >= 15 is 0 Å². The number of guanidine groups is 1. The summed E-state index contributed by atoms with van der Waals surface area (Å²) >= 11 is 1.73. The zero-order chi connectivity index (χ0) is 20.9. The van der Waals surface area contributed by atoms with Crippen molar-refractivity contribution in [1.29, 1.82) is 0 Å². The Labute approximate surface area is 194 Å². The smallest absolute Gasteiger partial charge is 0.356 e. The van der Waals surface area contributed by atoms with Gasteiger partial charge in [0.1, 0.15) is 0 Å². The molecule has 0 spiro atoms. The number of alkyl halides is 3. The molecule has 0 aliphatic carbocycles. The molecule has 1 aromatic heterocycles. The lowest BCUT2D eigenvalue weighted by Crippen LogP contribution is -2.40. The van der Waals surface area contributed by atoms with Crippen LogP contribution in [0.1, 0.15) is 28.0 Å². The van der Waals surface area contributed by atoms with Crippen molar-refractivity contribution >= 4 is 47.2 Å². The van der Waals surface area contributed by atoms with Crippen molar-refractivity contribution in [2.75, 3.05) is 20.1 Å². The summed E-state index contributed by atoms with van der Waals surface area (Å²) in [7, 11) is 1.58. The molecular formula is C20H24F3IN4OS. The Kier molecular flexibility index (Phi) is 8.95. The van der Waals surface area contributed by atoms with Crippen LogP contribution in [0.4, 0.5) is 13.2 Å². The average molecular weight is 552 g/mol. The van der Waals surface area contributed by atoms with Crippen LogP contribution in [0.25, 0.3) is 0 Å². The number of carbonyl (C=O) groups is 1. The normalized spacial score (nSPS) is 14.0. The summed E-state index contributed by atoms with van der Waals surface area (Å²) in [4.78, 5) is 19.7. The highest BCUT2D eigenvalue weighted by molar-refractivity contribution is 14.0. The van der Waals surface area contributed by atoms with Crippen molar-refractivity contribution in [3.63, 3.8) is 0 Å². The Morgan fingerprint density at radius 1 is 1.27 bits per heavy atom. The molecule has 164 valence electrons. The monoisotopic (exact) mass is 552 g/mol. The van der Waals surface area contributed by atoms with Gasteiger partial charge >= 0.3 is 6.18 Å². The Hall–Kier alpha value is -1.82. The number of rotatable bonds is 5. The Balaban J connectivity index is 0.00000320. The minimum absolute atomic E-state index is 0. The Bertz CT molecular complexity index is 885. The number of amides is 1. The molecule has 0 saturated heterocycles. The van der Waals surface area contributed by atoms with Crippen LogP contribution in [0.2, 0.25) is 0 Å². The van der Waals surface area contributed by atoms with E-state index in [1.807, 2.05) is 4.90 Å². The lowest BCUT2D eigenvalue weighted by molar-refractivity contribution is -0.137. The first-order valence-corrected chi connectivity index (χ1v) is 10.2. The zero-order valence-electron chi connectivity index (χ0n) is 16.5. The lowest BCUT2D eigenvalue weighted by atomic mass is 10.1. The topological polar surface area (TPSA) is 56.7 Å². The molecule has 2 aromatic rings. The second-order valence-corrected chi connectivity index (χ2v) is 7.74. The fourth-order valence-corrected chi connectivity index (χ4v) is 4.06. The maximum Gasteiger partial charge on any atom is 0.416 e. The number of carbonyl (C=O) groups excluding carboxylic acids is 1. The molecule has 0 fully saturated rings. The van der Waals surface area contributed by atoms with Crippen molar-refractivity contribution in [3.05, 3.63) is 57.3 Å². The molecule has 1 amide bonds. The minimum atomic E-state index is -4.37. The number of hydrogen-bond donors (Lipinski definition) is 2. The SMILES string of the molecule is CN=C(NCCC(=O)N1CCc2sccc2C1)NCc1cccc(C(F)(F)F)c1.I. The molecule has 1 aliphatic rings. The molecule has 3 rings (SSSR count). The van der Waals surface area contributed by atoms with Gasteiger partial charge in [0.2, 0.25) is 5.91 Å². The highest BCUT2D eigenvalue weighted by Gasteiger charge is 2.30. The summed E-state index contributed by atoms with van der Waals surface area (Å²) in [5, 5.41) is 8.07. The van der Waals surface area contributed by atoms with Crippen LogP contribution in [-0.2, 0) is 30.5 Å². The predicted octanol–water partition coefficient (Wildman–Crippen LogP) is 4.02. The van der Waals surface area contributed by atoms with Gasteiger partial charge in [-0.3, -0.25) is 9.79 Å². The van der Waals surface area contributed by atoms with E-state index in [0.29, 0.717) is 31.0 Å². The van der Waals surface area contributed by atoms with Crippen LogP contribution in [0.5, 0.6) is 0 Å². The summed E-state index contributed by atoms with van der Waals surface area (Å²) in [5.74, 6) is 0.511. The first-order valence-electron chi connectivity index (χ1n) is 9.30. The van der Waals surface area contributed by atoms with Gasteiger partial charge in [-0.2, -0.15) is 13.2 Å². The summed E-state index contributed by atoms with van der Waals surface area (Å²) in [6.07, 6.45) is -3.15. The maximum absolute atomic E-state index is 12.8. The molecule has 0 atom stereocenters. The first-order chi connectivity index (χ1) is 13.9. The van der Waals surface area contributed by atoms with Crippen molar-refractivity contribution < 1.29 is 18.0 Å². The molecule has 0 bridgehead atoms. The lowest BCUT2D eigenvalue weighted by Gasteiger charge is -2.27. The van der Waals surface area contributed by atoms with Gasteiger partial charge in [-0.1, -0.05) is 12.1 Å². The number of thiophene rings is 1. The van der Waals surface area contributed by atoms with Crippen molar-refractivity contribution in [2.45, 2.75) is 32.1 Å². The maximum atomic E-state index is 12.8. The molecule has 0 radical (unpaired) electrons. The number of fused-ring (bicyclic) bond motifs is 1. The number of nitrogens with one attached hydrogen (secondary N) is 2. The molecule has 30 heavy (non-hydrogen) atoms. The summed E-state index contributed by atoms with van der Waals surface area (Å²) in [6.45, 7) is 1.98. The second-order valence-electron chi connectivity index (χ2n) is 6.73. The molecule has 10 heteroatoms. The van der Waals surface area contributed by atoms with E-state index in [0.717, 1.165) is 25.1 Å². The Morgan fingerprint density at radius 2 is 2.07 bits per heavy atom. The van der Waals surface area contributed by atoms with Gasteiger partial charge < -0.3 is 15.5 Å². The molecule has 2 heterocycles. The fourth-order valence-electron chi connectivity index (χ4n) is 3.17. The predicted molar refractivity (Wildman–Crippen MR) is 123 cm³/mol. The number of nitrogens with zero attached hydrogens (tertiary/aromatic N) is 2. The molecule has 1 aliphatic heterocycles. The quantitative estimate of drug-likeness (QED) is 0.335. The standard InChI is InChI=1S/C20H23F3N4OS.HI/c1-24-19(26-12-14-3-2-4-16(11-14)20(21,22)23)25-8-5-18(28)27-9-6-17-15(13-27)7-10-29-17;/h2-4,7,10-11H,5-6,8-9,12-13H2,1H3,(H2,24,25,26);1H. The van der Waals surface area contributed by atoms with Gasteiger partial charge in [0.25, 0.3) is 0 Å². The van der Waals surface area contributed by atoms with E-state index in [2.05, 4.69) is 27.1 Å². The third-order valence-corrected chi connectivity index (χ3v) is 5.75. The van der Waals surface area contributed by atoms with Crippen LogP contribution in [0, 0.1) is 0 Å². The highest BCUT2D eigenvalue weighted by atomic mass is 127. The molecule has 5 nitrogen and oxygen atoms in total. The van der Waals surface area contributed by atoms with Crippen LogP contribution in [0.3, 0.4) is 0 Å². The van der Waals surface area contributed by atoms with E-state index in [-0.39, 0.29) is 36.4 Å². The highest BCUT2D eigenvalue weighted by Crippen LogP contribution is 2.29. The average Bonchev–Trinajstić information content (AvgIpc) is 3.17. The molecule has 1 aromatic carbocycles. The van der Waals surface area contributed by atoms with Gasteiger partial charge in [0.15, 0.2) is 5.96 Å². The van der Waals surface area contributed by atoms with Gasteiger partial charge in [0.05, 0.1) is 5.56 Å². The third kappa shape index (κ3) is 6.59. The summed E-state index contributed by atoms with van der Waals surface area (Å²) < 4.78 is 38.4. The van der Waals surface area contributed by atoms with Crippen LogP contribution in [0.15, 0.2) is 40.7 Å². The van der Waals surface area contributed by atoms with Crippen LogP contribution >= 0.6 is 35.3 Å². The summed E-state index contributed by atoms with van der Waals surface area (Å²) in [6, 6.07) is 7.22. The van der Waals surface area contributed by atoms with Crippen molar-refractivity contribution in [3.8, 4) is 0 Å². The van der Waals surface area contributed by atoms with Crippen molar-refractivity contribution in [2.24, 2.45) is 4.99 Å². The fraction of sp³-hybridized carbons (Fsp3) is 0.400. The second kappa shape index (κ2) is 11.0. The van der Waals surface area contributed by atoms with E-state index in [1.165, 1.54) is 16.5 Å². The molecule has 0 saturated carbocycles. The molecular weight excluding hydrogens is 528 g/mol. The number of aliphatic imine (C=N–C) groups is 1.